The third-order valence-electron chi connectivity index (χ3n) is 2.47. The Bertz CT molecular complexity index is 350. The maximum absolute atomic E-state index is 11.6. The number of aliphatic hydroxyl groups excluding tert-OH is 2. The van der Waals surface area contributed by atoms with Gasteiger partial charge in [0.05, 0.1) is 18.8 Å². The molecule has 0 bridgehead atoms. The highest BCUT2D eigenvalue weighted by Gasteiger charge is 2.24. The molecule has 3 N–H and O–H groups in total. The number of hydrogen-bond acceptors (Lipinski definition) is 4. The van der Waals surface area contributed by atoms with Crippen molar-refractivity contribution in [3.63, 3.8) is 0 Å². The van der Waals surface area contributed by atoms with E-state index in [2.05, 4.69) is 10.3 Å². The molecule has 1 aromatic rings. The molecule has 94 valence electrons. The van der Waals surface area contributed by atoms with Crippen LogP contribution < -0.4 is 5.32 Å². The minimum absolute atomic E-state index is 0.207. The highest BCUT2D eigenvalue weighted by Crippen LogP contribution is 2.03. The average molecular weight is 238 g/mol. The van der Waals surface area contributed by atoms with Gasteiger partial charge in [0, 0.05) is 18.3 Å². The summed E-state index contributed by atoms with van der Waals surface area (Å²) in [7, 11) is 0. The zero-order valence-corrected chi connectivity index (χ0v) is 9.89. The van der Waals surface area contributed by atoms with Gasteiger partial charge in [0.15, 0.2) is 0 Å². The molecule has 0 saturated heterocycles. The van der Waals surface area contributed by atoms with Crippen LogP contribution in [0, 0.1) is 0 Å². The van der Waals surface area contributed by atoms with Crippen LogP contribution in [0.4, 0.5) is 0 Å². The summed E-state index contributed by atoms with van der Waals surface area (Å²) >= 11 is 0. The molecule has 0 fully saturated rings. The maximum Gasteiger partial charge on any atom is 0.220 e. The Morgan fingerprint density at radius 3 is 2.65 bits per heavy atom. The predicted octanol–water partition coefficient (Wildman–Crippen LogP) is -0.126. The Morgan fingerprint density at radius 1 is 1.41 bits per heavy atom. The van der Waals surface area contributed by atoms with Crippen LogP contribution >= 0.6 is 0 Å². The molecule has 0 atom stereocenters. The van der Waals surface area contributed by atoms with Gasteiger partial charge in [-0.25, -0.2) is 0 Å². The van der Waals surface area contributed by atoms with Gasteiger partial charge in [0.2, 0.25) is 5.91 Å². The third kappa shape index (κ3) is 4.50. The van der Waals surface area contributed by atoms with E-state index in [1.165, 1.54) is 0 Å². The fourth-order valence-electron chi connectivity index (χ4n) is 1.32. The van der Waals surface area contributed by atoms with Gasteiger partial charge in [-0.1, -0.05) is 6.07 Å². The van der Waals surface area contributed by atoms with Crippen LogP contribution in [0.5, 0.6) is 0 Å². The summed E-state index contributed by atoms with van der Waals surface area (Å²) in [6.45, 7) is 1.00. The van der Waals surface area contributed by atoms with E-state index in [-0.39, 0.29) is 25.5 Å². The lowest BCUT2D eigenvalue weighted by atomic mass is 10.0. The largest absolute Gasteiger partial charge is 0.394 e. The molecule has 0 aromatic carbocycles. The average Bonchev–Trinajstić information content (AvgIpc) is 2.37. The van der Waals surface area contributed by atoms with E-state index in [4.69, 9.17) is 10.2 Å². The van der Waals surface area contributed by atoms with E-state index in [0.717, 1.165) is 5.69 Å². The fraction of sp³-hybridized carbons (Fsp3) is 0.500. The number of carbonyl (C=O) groups excluding carboxylic acids is 1. The van der Waals surface area contributed by atoms with Crippen LogP contribution in [-0.4, -0.2) is 39.9 Å². The van der Waals surface area contributed by atoms with Gasteiger partial charge < -0.3 is 15.5 Å². The third-order valence-corrected chi connectivity index (χ3v) is 2.47. The smallest absolute Gasteiger partial charge is 0.220 e. The van der Waals surface area contributed by atoms with E-state index >= 15 is 0 Å². The van der Waals surface area contributed by atoms with Crippen molar-refractivity contribution in [3.05, 3.63) is 30.1 Å². The first kappa shape index (κ1) is 13.6. The summed E-state index contributed by atoms with van der Waals surface area (Å²) in [5.74, 6) is -0.207. The molecule has 0 saturated carbocycles. The van der Waals surface area contributed by atoms with Crippen molar-refractivity contribution in [2.45, 2.75) is 25.3 Å². The van der Waals surface area contributed by atoms with Crippen molar-refractivity contribution in [2.75, 3.05) is 13.2 Å². The molecule has 1 amide bonds. The molecule has 17 heavy (non-hydrogen) atoms. The molecule has 0 spiro atoms. The number of pyridine rings is 1. The molecule has 1 heterocycles. The van der Waals surface area contributed by atoms with Crippen LogP contribution in [0.25, 0.3) is 0 Å². The lowest BCUT2D eigenvalue weighted by Gasteiger charge is -2.26. The second-order valence-corrected chi connectivity index (χ2v) is 4.25. The van der Waals surface area contributed by atoms with Gasteiger partial charge in [0.1, 0.15) is 0 Å². The standard InChI is InChI=1S/C12H18N2O3/c1-12(8-15,9-16)14-11(17)6-5-10-4-2-3-7-13-10/h2-4,7,15-16H,5-6,8-9H2,1H3,(H,14,17). The first-order valence-corrected chi connectivity index (χ1v) is 5.52. The number of nitrogens with zero attached hydrogens (tertiary/aromatic N) is 1. The number of nitrogens with one attached hydrogen (secondary N) is 1. The summed E-state index contributed by atoms with van der Waals surface area (Å²) in [6.07, 6.45) is 2.50. The lowest BCUT2D eigenvalue weighted by Crippen LogP contribution is -2.51. The summed E-state index contributed by atoms with van der Waals surface area (Å²) in [5, 5.41) is 20.7. The number of rotatable bonds is 6. The number of amides is 1. The maximum atomic E-state index is 11.6. The van der Waals surface area contributed by atoms with Crippen molar-refractivity contribution >= 4 is 5.91 Å². The second kappa shape index (κ2) is 6.32. The molecule has 0 aliphatic heterocycles. The Morgan fingerprint density at radius 2 is 2.12 bits per heavy atom. The first-order valence-electron chi connectivity index (χ1n) is 5.52. The van der Waals surface area contributed by atoms with E-state index < -0.39 is 5.54 Å². The number of aryl methyl sites for hydroxylation is 1. The van der Waals surface area contributed by atoms with Gasteiger partial charge in [-0.05, 0) is 25.5 Å². The molecule has 0 unspecified atom stereocenters. The first-order chi connectivity index (χ1) is 8.09. The normalized spacial score (nSPS) is 11.2. The van der Waals surface area contributed by atoms with Crippen molar-refractivity contribution in [2.24, 2.45) is 0 Å². The predicted molar refractivity (Wildman–Crippen MR) is 63.3 cm³/mol. The lowest BCUT2D eigenvalue weighted by molar-refractivity contribution is -0.124. The summed E-state index contributed by atoms with van der Waals surface area (Å²) in [6, 6.07) is 5.54. The second-order valence-electron chi connectivity index (χ2n) is 4.25. The van der Waals surface area contributed by atoms with Gasteiger partial charge in [-0.3, -0.25) is 9.78 Å². The molecule has 5 nitrogen and oxygen atoms in total. The highest BCUT2D eigenvalue weighted by atomic mass is 16.3. The van der Waals surface area contributed by atoms with Crippen molar-refractivity contribution < 1.29 is 15.0 Å². The molecule has 1 rings (SSSR count). The Kier molecular flexibility index (Phi) is 5.06. The summed E-state index contributed by atoms with van der Waals surface area (Å²) in [5.41, 5.74) is -0.112. The van der Waals surface area contributed by atoms with Crippen molar-refractivity contribution in [1.29, 1.82) is 0 Å². The van der Waals surface area contributed by atoms with E-state index in [0.29, 0.717) is 6.42 Å². The van der Waals surface area contributed by atoms with Crippen LogP contribution in [0.15, 0.2) is 24.4 Å². The van der Waals surface area contributed by atoms with Crippen LogP contribution in [0.2, 0.25) is 0 Å². The SMILES string of the molecule is CC(CO)(CO)NC(=O)CCc1ccccn1. The highest BCUT2D eigenvalue weighted by molar-refractivity contribution is 5.77. The molecule has 0 radical (unpaired) electrons. The van der Waals surface area contributed by atoms with Gasteiger partial charge >= 0.3 is 0 Å². The van der Waals surface area contributed by atoms with Crippen LogP contribution in [0.3, 0.4) is 0 Å². The zero-order valence-electron chi connectivity index (χ0n) is 9.89. The number of hydrogen-bond donors (Lipinski definition) is 3. The molecule has 5 heteroatoms. The number of aromatic nitrogens is 1. The van der Waals surface area contributed by atoms with E-state index in [1.807, 2.05) is 18.2 Å². The van der Waals surface area contributed by atoms with Crippen LogP contribution in [-0.2, 0) is 11.2 Å². The molecule has 0 aliphatic carbocycles. The number of carbonyl (C=O) groups is 1. The Hall–Kier alpha value is -1.46. The monoisotopic (exact) mass is 238 g/mol. The van der Waals surface area contributed by atoms with E-state index in [9.17, 15) is 4.79 Å². The van der Waals surface area contributed by atoms with E-state index in [1.54, 1.807) is 13.1 Å². The van der Waals surface area contributed by atoms with Crippen molar-refractivity contribution in [1.82, 2.24) is 10.3 Å². The van der Waals surface area contributed by atoms with Crippen molar-refractivity contribution in [3.8, 4) is 0 Å². The minimum Gasteiger partial charge on any atom is -0.394 e. The van der Waals surface area contributed by atoms with Gasteiger partial charge in [0.25, 0.3) is 0 Å². The summed E-state index contributed by atoms with van der Waals surface area (Å²) < 4.78 is 0. The molecular weight excluding hydrogens is 220 g/mol. The quantitative estimate of drug-likeness (QED) is 0.645. The molecule has 1 aromatic heterocycles. The Labute approximate surface area is 101 Å². The zero-order chi connectivity index (χ0) is 12.7. The Balaban J connectivity index is 2.40. The molecule has 0 aliphatic rings. The van der Waals surface area contributed by atoms with Crippen LogP contribution in [0.1, 0.15) is 19.0 Å². The number of aliphatic hydroxyl groups is 2. The topological polar surface area (TPSA) is 82.5 Å². The summed E-state index contributed by atoms with van der Waals surface area (Å²) in [4.78, 5) is 15.7. The van der Waals surface area contributed by atoms with Gasteiger partial charge in [-0.2, -0.15) is 0 Å². The molecular formula is C12H18N2O3. The minimum atomic E-state index is -0.957. The van der Waals surface area contributed by atoms with Gasteiger partial charge in [-0.15, -0.1) is 0 Å². The fourth-order valence-corrected chi connectivity index (χ4v) is 1.32.